The number of allylic oxidation sites excluding steroid dienone is 6. The first-order valence-corrected chi connectivity index (χ1v) is 7.54. The summed E-state index contributed by atoms with van der Waals surface area (Å²) in [6.07, 6.45) is 9.78. The Bertz CT molecular complexity index is 653. The monoisotopic (exact) mass is 305 g/mol. The minimum Gasteiger partial charge on any atom is -0.260 e. The molecule has 1 aromatic heterocycles. The van der Waals surface area contributed by atoms with Crippen molar-refractivity contribution in [1.82, 2.24) is 4.98 Å². The largest absolute Gasteiger partial charge is 0.417 e. The number of pyridine rings is 1. The Kier molecular flexibility index (Phi) is 3.94. The molecule has 4 heteroatoms. The zero-order valence-electron chi connectivity index (χ0n) is 12.4. The fourth-order valence-corrected chi connectivity index (χ4v) is 3.24. The van der Waals surface area contributed by atoms with Gasteiger partial charge in [-0.25, -0.2) is 0 Å². The summed E-state index contributed by atoms with van der Waals surface area (Å²) in [6, 6.07) is 1.25. The molecule has 1 aromatic rings. The van der Waals surface area contributed by atoms with Crippen molar-refractivity contribution in [2.24, 2.45) is 5.92 Å². The zero-order valence-corrected chi connectivity index (χ0v) is 12.4. The van der Waals surface area contributed by atoms with E-state index >= 15 is 0 Å². The van der Waals surface area contributed by atoms with Crippen LogP contribution in [-0.2, 0) is 12.6 Å². The zero-order chi connectivity index (χ0) is 15.7. The molecule has 3 rings (SSSR count). The molecule has 2 unspecified atom stereocenters. The van der Waals surface area contributed by atoms with Gasteiger partial charge in [-0.1, -0.05) is 36.0 Å². The molecular formula is C18H18F3N. The van der Waals surface area contributed by atoms with Crippen molar-refractivity contribution in [3.05, 3.63) is 65.0 Å². The summed E-state index contributed by atoms with van der Waals surface area (Å²) in [7, 11) is 0. The third kappa shape index (κ3) is 2.74. The van der Waals surface area contributed by atoms with Gasteiger partial charge >= 0.3 is 6.18 Å². The third-order valence-corrected chi connectivity index (χ3v) is 4.46. The van der Waals surface area contributed by atoms with Crippen LogP contribution in [0.4, 0.5) is 13.2 Å². The van der Waals surface area contributed by atoms with Crippen LogP contribution in [0, 0.1) is 5.92 Å². The van der Waals surface area contributed by atoms with Crippen molar-refractivity contribution in [2.75, 3.05) is 0 Å². The molecule has 0 amide bonds. The lowest BCUT2D eigenvalue weighted by molar-refractivity contribution is -0.137. The maximum Gasteiger partial charge on any atom is 0.417 e. The first kappa shape index (κ1) is 15.1. The van der Waals surface area contributed by atoms with E-state index in [0.717, 1.165) is 30.3 Å². The predicted octanol–water partition coefficient (Wildman–Crippen LogP) is 5.21. The molecule has 0 saturated carbocycles. The number of fused-ring (bicyclic) bond motifs is 1. The van der Waals surface area contributed by atoms with E-state index in [-0.39, 0.29) is 5.92 Å². The number of rotatable bonds is 3. The maximum absolute atomic E-state index is 12.7. The second-order valence-corrected chi connectivity index (χ2v) is 5.86. The van der Waals surface area contributed by atoms with Crippen LogP contribution >= 0.6 is 0 Å². The Balaban J connectivity index is 1.83. The Hall–Kier alpha value is -1.84. The van der Waals surface area contributed by atoms with Crippen molar-refractivity contribution in [1.29, 1.82) is 0 Å². The average molecular weight is 305 g/mol. The van der Waals surface area contributed by atoms with Gasteiger partial charge in [-0.3, -0.25) is 4.98 Å². The van der Waals surface area contributed by atoms with E-state index in [4.69, 9.17) is 0 Å². The van der Waals surface area contributed by atoms with E-state index in [1.807, 2.05) is 19.1 Å². The Morgan fingerprint density at radius 2 is 2.18 bits per heavy atom. The van der Waals surface area contributed by atoms with E-state index in [9.17, 15) is 13.2 Å². The number of nitrogens with zero attached hydrogens (tertiary/aromatic N) is 1. The molecule has 1 heterocycles. The van der Waals surface area contributed by atoms with Gasteiger partial charge in [-0.2, -0.15) is 13.2 Å². The summed E-state index contributed by atoms with van der Waals surface area (Å²) in [5.74, 6) is 0.612. The highest BCUT2D eigenvalue weighted by atomic mass is 19.4. The molecule has 0 saturated heterocycles. The van der Waals surface area contributed by atoms with Gasteiger partial charge in [0.1, 0.15) is 0 Å². The lowest BCUT2D eigenvalue weighted by Gasteiger charge is -2.35. The molecule has 0 spiro atoms. The topological polar surface area (TPSA) is 12.9 Å². The van der Waals surface area contributed by atoms with E-state index in [0.29, 0.717) is 12.3 Å². The number of alkyl halides is 3. The molecule has 2 aliphatic rings. The summed E-state index contributed by atoms with van der Waals surface area (Å²) in [6.45, 7) is 2.00. The fourth-order valence-electron chi connectivity index (χ4n) is 3.24. The molecule has 116 valence electrons. The number of hydrogen-bond donors (Lipinski definition) is 0. The summed E-state index contributed by atoms with van der Waals surface area (Å²) in [5.41, 5.74) is 2.22. The van der Waals surface area contributed by atoms with Crippen LogP contribution in [0.15, 0.2) is 48.2 Å². The molecule has 0 aliphatic heterocycles. The molecule has 22 heavy (non-hydrogen) atoms. The Labute approximate surface area is 128 Å². The van der Waals surface area contributed by atoms with Crippen molar-refractivity contribution >= 4 is 0 Å². The lowest BCUT2D eigenvalue weighted by Crippen LogP contribution is -2.26. The molecular weight excluding hydrogens is 287 g/mol. The molecule has 2 atom stereocenters. The summed E-state index contributed by atoms with van der Waals surface area (Å²) in [4.78, 5) is 4.10. The number of hydrogen-bond acceptors (Lipinski definition) is 1. The van der Waals surface area contributed by atoms with Gasteiger partial charge in [0.15, 0.2) is 0 Å². The second-order valence-electron chi connectivity index (χ2n) is 5.86. The van der Waals surface area contributed by atoms with Crippen molar-refractivity contribution in [3.8, 4) is 0 Å². The quantitative estimate of drug-likeness (QED) is 0.699. The molecule has 0 bridgehead atoms. The fraction of sp³-hybridized carbons (Fsp3) is 0.389. The van der Waals surface area contributed by atoms with E-state index < -0.39 is 11.7 Å². The van der Waals surface area contributed by atoms with Crippen LogP contribution in [0.25, 0.3) is 0 Å². The lowest BCUT2D eigenvalue weighted by atomic mass is 9.70. The highest BCUT2D eigenvalue weighted by Crippen LogP contribution is 2.45. The summed E-state index contributed by atoms with van der Waals surface area (Å²) < 4.78 is 38.1. The van der Waals surface area contributed by atoms with E-state index in [2.05, 4.69) is 23.2 Å². The van der Waals surface area contributed by atoms with Gasteiger partial charge in [0.2, 0.25) is 0 Å². The van der Waals surface area contributed by atoms with Gasteiger partial charge in [0, 0.05) is 12.1 Å². The maximum atomic E-state index is 12.7. The number of aromatic nitrogens is 1. The molecule has 0 aromatic carbocycles. The van der Waals surface area contributed by atoms with Crippen LogP contribution in [0.2, 0.25) is 0 Å². The molecule has 0 fully saturated rings. The molecule has 1 nitrogen and oxygen atoms in total. The SMILES string of the molecule is CC=CCC1CC=CC=C1C1Cc2cc(C(F)(F)F)cnc21. The second kappa shape index (κ2) is 5.75. The van der Waals surface area contributed by atoms with Gasteiger partial charge in [0.05, 0.1) is 11.3 Å². The molecule has 2 aliphatic carbocycles. The predicted molar refractivity (Wildman–Crippen MR) is 80.4 cm³/mol. The highest BCUT2D eigenvalue weighted by molar-refractivity contribution is 5.45. The van der Waals surface area contributed by atoms with Crippen molar-refractivity contribution in [2.45, 2.75) is 38.3 Å². The average Bonchev–Trinajstić information content (AvgIpc) is 2.46. The van der Waals surface area contributed by atoms with Gasteiger partial charge in [-0.15, -0.1) is 0 Å². The summed E-state index contributed by atoms with van der Waals surface area (Å²) >= 11 is 0. The Morgan fingerprint density at radius 3 is 2.86 bits per heavy atom. The van der Waals surface area contributed by atoms with Crippen LogP contribution in [0.3, 0.4) is 0 Å². The first-order chi connectivity index (χ1) is 10.5. The smallest absolute Gasteiger partial charge is 0.260 e. The first-order valence-electron chi connectivity index (χ1n) is 7.54. The van der Waals surface area contributed by atoms with Gasteiger partial charge < -0.3 is 0 Å². The Morgan fingerprint density at radius 1 is 1.36 bits per heavy atom. The highest BCUT2D eigenvalue weighted by Gasteiger charge is 2.38. The molecule has 0 radical (unpaired) electrons. The minimum atomic E-state index is -4.31. The number of halogens is 3. The van der Waals surface area contributed by atoms with Crippen molar-refractivity contribution in [3.63, 3.8) is 0 Å². The van der Waals surface area contributed by atoms with Crippen LogP contribution in [0.1, 0.15) is 42.5 Å². The van der Waals surface area contributed by atoms with Crippen LogP contribution in [0.5, 0.6) is 0 Å². The normalized spacial score (nSPS) is 24.1. The van der Waals surface area contributed by atoms with E-state index in [1.165, 1.54) is 11.6 Å². The standard InChI is InChI=1S/C18H18F3N/c1-2-3-6-12-7-4-5-8-15(12)16-10-13-9-14(18(19,20)21)11-22-17(13)16/h2-5,8-9,11-12,16H,6-7,10H2,1H3. The third-order valence-electron chi connectivity index (χ3n) is 4.46. The summed E-state index contributed by atoms with van der Waals surface area (Å²) in [5, 5.41) is 0. The van der Waals surface area contributed by atoms with Crippen LogP contribution in [-0.4, -0.2) is 4.98 Å². The van der Waals surface area contributed by atoms with E-state index in [1.54, 1.807) is 0 Å². The van der Waals surface area contributed by atoms with Gasteiger partial charge in [-0.05, 0) is 43.7 Å². The van der Waals surface area contributed by atoms with Crippen LogP contribution < -0.4 is 0 Å². The minimum absolute atomic E-state index is 0.178. The molecule has 0 N–H and O–H groups in total. The van der Waals surface area contributed by atoms with Gasteiger partial charge in [0.25, 0.3) is 0 Å². The van der Waals surface area contributed by atoms with Crippen molar-refractivity contribution < 1.29 is 13.2 Å².